The number of nitro groups is 1. The quantitative estimate of drug-likeness (QED) is 0.427. The summed E-state index contributed by atoms with van der Waals surface area (Å²) in [5.41, 5.74) is 0. The summed E-state index contributed by atoms with van der Waals surface area (Å²) in [7, 11) is 4.41. The van der Waals surface area contributed by atoms with E-state index in [1.165, 1.54) is 32.2 Å². The lowest BCUT2D eigenvalue weighted by Gasteiger charge is -2.21. The molecule has 0 saturated carbocycles. The van der Waals surface area contributed by atoms with Crippen molar-refractivity contribution in [3.63, 3.8) is 0 Å². The molecule has 0 aliphatic carbocycles. The lowest BCUT2D eigenvalue weighted by Crippen LogP contribution is -2.35. The minimum absolute atomic E-state index is 0.102. The first-order valence-electron chi connectivity index (χ1n) is 5.05. The molecule has 8 heteroatoms. The average Bonchev–Trinajstić information content (AvgIpc) is 2.84. The fourth-order valence-electron chi connectivity index (χ4n) is 1.28. The SMILES string of the molecule is COC(CN(C)C(=O)c1ccc([N+](=O)[O-])o1)OC. The Labute approximate surface area is 103 Å². The van der Waals surface area contributed by atoms with Crippen molar-refractivity contribution in [3.05, 3.63) is 28.0 Å². The van der Waals surface area contributed by atoms with Crippen LogP contribution < -0.4 is 0 Å². The summed E-state index contributed by atoms with van der Waals surface area (Å²) in [4.78, 5) is 22.9. The van der Waals surface area contributed by atoms with Gasteiger partial charge in [-0.1, -0.05) is 0 Å². The summed E-state index contributed by atoms with van der Waals surface area (Å²) in [6, 6.07) is 2.39. The molecule has 18 heavy (non-hydrogen) atoms. The summed E-state index contributed by atoms with van der Waals surface area (Å²) in [5.74, 6) is -1.06. The molecular weight excluding hydrogens is 244 g/mol. The predicted molar refractivity (Wildman–Crippen MR) is 60.1 cm³/mol. The maximum absolute atomic E-state index is 11.8. The van der Waals surface area contributed by atoms with Gasteiger partial charge in [0.05, 0.1) is 12.6 Å². The molecule has 0 radical (unpaired) electrons. The Morgan fingerprint density at radius 1 is 1.50 bits per heavy atom. The standard InChI is InChI=1S/C10H14N2O6/c1-11(6-9(16-2)17-3)10(13)7-4-5-8(18-7)12(14)15/h4-5,9H,6H2,1-3H3. The van der Waals surface area contributed by atoms with E-state index < -0.39 is 23.0 Å². The van der Waals surface area contributed by atoms with Crippen LogP contribution in [-0.4, -0.2) is 49.8 Å². The van der Waals surface area contributed by atoms with E-state index in [-0.39, 0.29) is 12.3 Å². The van der Waals surface area contributed by atoms with Crippen LogP contribution in [0.4, 0.5) is 5.88 Å². The zero-order valence-electron chi connectivity index (χ0n) is 10.3. The third-order valence-electron chi connectivity index (χ3n) is 2.28. The van der Waals surface area contributed by atoms with E-state index >= 15 is 0 Å². The molecule has 0 spiro atoms. The Morgan fingerprint density at radius 2 is 2.11 bits per heavy atom. The van der Waals surface area contributed by atoms with E-state index in [1.54, 1.807) is 0 Å². The highest BCUT2D eigenvalue weighted by molar-refractivity contribution is 5.91. The van der Waals surface area contributed by atoms with Crippen molar-refractivity contribution in [2.45, 2.75) is 6.29 Å². The molecule has 1 rings (SSSR count). The molecule has 1 amide bonds. The number of amides is 1. The topological polar surface area (TPSA) is 95.0 Å². The van der Waals surface area contributed by atoms with Gasteiger partial charge in [-0.05, 0) is 6.07 Å². The molecule has 1 aromatic heterocycles. The summed E-state index contributed by atoms with van der Waals surface area (Å²) < 4.78 is 14.7. The molecular formula is C10H14N2O6. The van der Waals surface area contributed by atoms with Crippen LogP contribution in [-0.2, 0) is 9.47 Å². The number of hydrogen-bond acceptors (Lipinski definition) is 6. The third-order valence-corrected chi connectivity index (χ3v) is 2.28. The van der Waals surface area contributed by atoms with Crippen LogP contribution in [0.25, 0.3) is 0 Å². The summed E-state index contributed by atoms with van der Waals surface area (Å²) >= 11 is 0. The maximum atomic E-state index is 11.8. The molecule has 8 nitrogen and oxygen atoms in total. The molecule has 0 bridgehead atoms. The molecule has 0 atom stereocenters. The van der Waals surface area contributed by atoms with E-state index in [9.17, 15) is 14.9 Å². The van der Waals surface area contributed by atoms with Crippen LogP contribution in [0.1, 0.15) is 10.6 Å². The van der Waals surface area contributed by atoms with Crippen LogP contribution in [0.2, 0.25) is 0 Å². The Balaban J connectivity index is 2.70. The van der Waals surface area contributed by atoms with Gasteiger partial charge in [0.1, 0.15) is 4.92 Å². The van der Waals surface area contributed by atoms with Gasteiger partial charge in [0.25, 0.3) is 5.91 Å². The lowest BCUT2D eigenvalue weighted by molar-refractivity contribution is -0.402. The van der Waals surface area contributed by atoms with Gasteiger partial charge < -0.3 is 18.8 Å². The molecule has 0 N–H and O–H groups in total. The average molecular weight is 258 g/mol. The molecule has 0 aliphatic heterocycles. The molecule has 0 saturated heterocycles. The van der Waals surface area contributed by atoms with Crippen LogP contribution in [0.5, 0.6) is 0 Å². The Morgan fingerprint density at radius 3 is 2.56 bits per heavy atom. The second-order valence-corrected chi connectivity index (χ2v) is 3.48. The summed E-state index contributed by atoms with van der Waals surface area (Å²) in [5, 5.41) is 10.4. The normalized spacial score (nSPS) is 10.7. The number of rotatable bonds is 6. The molecule has 1 heterocycles. The highest BCUT2D eigenvalue weighted by Gasteiger charge is 2.22. The van der Waals surface area contributed by atoms with Gasteiger partial charge >= 0.3 is 5.88 Å². The smallest absolute Gasteiger partial charge is 0.395 e. The minimum atomic E-state index is -0.704. The molecule has 100 valence electrons. The van der Waals surface area contributed by atoms with E-state index in [0.29, 0.717) is 0 Å². The Kier molecular flexibility index (Phi) is 4.81. The lowest BCUT2D eigenvalue weighted by atomic mass is 10.4. The zero-order valence-corrected chi connectivity index (χ0v) is 10.3. The highest BCUT2D eigenvalue weighted by Crippen LogP contribution is 2.17. The second kappa shape index (κ2) is 6.12. The number of nitrogens with zero attached hydrogens (tertiary/aromatic N) is 2. The van der Waals surface area contributed by atoms with Gasteiger partial charge in [-0.3, -0.25) is 14.9 Å². The van der Waals surface area contributed by atoms with E-state index in [4.69, 9.17) is 13.9 Å². The molecule has 0 unspecified atom stereocenters. The van der Waals surface area contributed by atoms with Crippen molar-refractivity contribution in [3.8, 4) is 0 Å². The van der Waals surface area contributed by atoms with Crippen LogP contribution >= 0.6 is 0 Å². The fourth-order valence-corrected chi connectivity index (χ4v) is 1.28. The summed E-state index contributed by atoms with van der Waals surface area (Å²) in [6.45, 7) is 0.181. The summed E-state index contributed by atoms with van der Waals surface area (Å²) in [6.07, 6.45) is -0.566. The van der Waals surface area contributed by atoms with Crippen LogP contribution in [0, 0.1) is 10.1 Å². The molecule has 0 aliphatic rings. The number of ether oxygens (including phenoxy) is 2. The third kappa shape index (κ3) is 3.28. The molecule has 0 fully saturated rings. The number of methoxy groups -OCH3 is 2. The Bertz CT molecular complexity index is 426. The second-order valence-electron chi connectivity index (χ2n) is 3.48. The van der Waals surface area contributed by atoms with Crippen molar-refractivity contribution in [1.29, 1.82) is 0 Å². The predicted octanol–water partition coefficient (Wildman–Crippen LogP) is 0.879. The van der Waals surface area contributed by atoms with Gasteiger partial charge in [-0.15, -0.1) is 0 Å². The Hall–Kier alpha value is -1.93. The zero-order chi connectivity index (χ0) is 13.7. The first-order valence-corrected chi connectivity index (χ1v) is 5.05. The molecule has 1 aromatic rings. The number of carbonyl (C=O) groups is 1. The van der Waals surface area contributed by atoms with Gasteiger partial charge in [0.15, 0.2) is 12.1 Å². The van der Waals surface area contributed by atoms with Crippen LogP contribution in [0.3, 0.4) is 0 Å². The van der Waals surface area contributed by atoms with Crippen molar-refractivity contribution in [2.75, 3.05) is 27.8 Å². The van der Waals surface area contributed by atoms with Crippen molar-refractivity contribution in [1.82, 2.24) is 4.90 Å². The number of carbonyl (C=O) groups excluding carboxylic acids is 1. The number of likely N-dealkylation sites (N-methyl/N-ethyl adjacent to an activating group) is 1. The fraction of sp³-hybridized carbons (Fsp3) is 0.500. The van der Waals surface area contributed by atoms with E-state index in [1.807, 2.05) is 0 Å². The van der Waals surface area contributed by atoms with Gasteiger partial charge in [0.2, 0.25) is 0 Å². The number of furan rings is 1. The maximum Gasteiger partial charge on any atom is 0.433 e. The van der Waals surface area contributed by atoms with Gasteiger partial charge in [-0.25, -0.2) is 0 Å². The minimum Gasteiger partial charge on any atom is -0.395 e. The molecule has 0 aromatic carbocycles. The van der Waals surface area contributed by atoms with Gasteiger partial charge in [-0.2, -0.15) is 0 Å². The van der Waals surface area contributed by atoms with Crippen LogP contribution in [0.15, 0.2) is 16.5 Å². The van der Waals surface area contributed by atoms with E-state index in [2.05, 4.69) is 0 Å². The first kappa shape index (κ1) is 14.1. The monoisotopic (exact) mass is 258 g/mol. The first-order chi connectivity index (χ1) is 8.49. The van der Waals surface area contributed by atoms with Crippen molar-refractivity contribution < 1.29 is 23.6 Å². The van der Waals surface area contributed by atoms with Crippen molar-refractivity contribution in [2.24, 2.45) is 0 Å². The van der Waals surface area contributed by atoms with E-state index in [0.717, 1.165) is 6.07 Å². The highest BCUT2D eigenvalue weighted by atomic mass is 16.7. The van der Waals surface area contributed by atoms with Crippen molar-refractivity contribution >= 4 is 11.8 Å². The largest absolute Gasteiger partial charge is 0.433 e. The number of hydrogen-bond donors (Lipinski definition) is 0. The van der Waals surface area contributed by atoms with Gasteiger partial charge in [0, 0.05) is 21.3 Å².